The molecule has 7 heteroatoms. The minimum atomic E-state index is -1.01. The van der Waals surface area contributed by atoms with E-state index in [0.29, 0.717) is 22.6 Å². The fourth-order valence-electron chi connectivity index (χ4n) is 4.08. The first-order chi connectivity index (χ1) is 18.0. The van der Waals surface area contributed by atoms with Crippen molar-refractivity contribution in [3.8, 4) is 28.3 Å². The van der Waals surface area contributed by atoms with E-state index in [1.54, 1.807) is 36.4 Å². The van der Waals surface area contributed by atoms with Gasteiger partial charge in [-0.25, -0.2) is 10.2 Å². The second kappa shape index (κ2) is 10.2. The van der Waals surface area contributed by atoms with Crippen molar-refractivity contribution < 1.29 is 19.1 Å². The monoisotopic (exact) mass is 489 g/mol. The number of rotatable bonds is 7. The molecule has 2 N–H and O–H groups in total. The smallest absolute Gasteiger partial charge is 0.335 e. The molecule has 0 aliphatic carbocycles. The van der Waals surface area contributed by atoms with Crippen LogP contribution in [0.5, 0.6) is 0 Å². The lowest BCUT2D eigenvalue weighted by Crippen LogP contribution is -2.17. The molecule has 0 saturated heterocycles. The van der Waals surface area contributed by atoms with Crippen LogP contribution in [0, 0.1) is 6.92 Å². The van der Waals surface area contributed by atoms with Crippen molar-refractivity contribution in [1.29, 1.82) is 0 Å². The van der Waals surface area contributed by atoms with Gasteiger partial charge in [0, 0.05) is 22.5 Å². The maximum atomic E-state index is 12.6. The zero-order valence-corrected chi connectivity index (χ0v) is 20.0. The summed E-state index contributed by atoms with van der Waals surface area (Å²) in [5.74, 6) is -0.438. The molecule has 37 heavy (non-hydrogen) atoms. The number of carbonyl (C=O) groups excluding carboxylic acids is 1. The zero-order valence-electron chi connectivity index (χ0n) is 20.0. The fourth-order valence-corrected chi connectivity index (χ4v) is 4.08. The lowest BCUT2D eigenvalue weighted by atomic mass is 10.1. The number of carbonyl (C=O) groups is 2. The summed E-state index contributed by atoms with van der Waals surface area (Å²) < 4.78 is 7.86. The first kappa shape index (κ1) is 23.6. The van der Waals surface area contributed by atoms with E-state index in [1.165, 1.54) is 18.3 Å². The van der Waals surface area contributed by atoms with Gasteiger partial charge < -0.3 is 14.1 Å². The van der Waals surface area contributed by atoms with E-state index in [-0.39, 0.29) is 11.5 Å². The van der Waals surface area contributed by atoms with Crippen LogP contribution in [0.2, 0.25) is 0 Å². The van der Waals surface area contributed by atoms with Crippen LogP contribution in [-0.4, -0.2) is 27.8 Å². The van der Waals surface area contributed by atoms with Gasteiger partial charge in [-0.1, -0.05) is 42.5 Å². The Labute approximate surface area is 213 Å². The van der Waals surface area contributed by atoms with Gasteiger partial charge in [0.25, 0.3) is 5.91 Å². The number of carboxylic acids is 1. The Hall–Kier alpha value is -5.17. The number of hydrogen-bond donors (Lipinski definition) is 2. The Balaban J connectivity index is 1.26. The Kier molecular flexibility index (Phi) is 6.50. The third kappa shape index (κ3) is 5.11. The minimum Gasteiger partial charge on any atom is -0.478 e. The lowest BCUT2D eigenvalue weighted by molar-refractivity contribution is 0.0696. The van der Waals surface area contributed by atoms with Crippen molar-refractivity contribution in [3.05, 3.63) is 126 Å². The molecule has 7 nitrogen and oxygen atoms in total. The van der Waals surface area contributed by atoms with Crippen molar-refractivity contribution in [3.63, 3.8) is 0 Å². The molecule has 0 radical (unpaired) electrons. The van der Waals surface area contributed by atoms with E-state index in [0.717, 1.165) is 22.6 Å². The highest BCUT2D eigenvalue weighted by Crippen LogP contribution is 2.26. The summed E-state index contributed by atoms with van der Waals surface area (Å²) in [7, 11) is 0. The van der Waals surface area contributed by atoms with Crippen LogP contribution in [-0.2, 0) is 0 Å². The van der Waals surface area contributed by atoms with E-state index in [4.69, 9.17) is 9.52 Å². The number of nitrogens with zero attached hydrogens (tertiary/aromatic N) is 2. The van der Waals surface area contributed by atoms with Gasteiger partial charge in [-0.2, -0.15) is 5.10 Å². The van der Waals surface area contributed by atoms with E-state index < -0.39 is 5.97 Å². The number of aromatic carboxylic acids is 1. The normalized spacial score (nSPS) is 11.1. The molecule has 3 aromatic carbocycles. The van der Waals surface area contributed by atoms with Gasteiger partial charge in [0.2, 0.25) is 0 Å². The number of carboxylic acid groups (broad SMARTS) is 1. The summed E-state index contributed by atoms with van der Waals surface area (Å²) in [5.41, 5.74) is 8.02. The van der Waals surface area contributed by atoms with E-state index in [2.05, 4.69) is 39.4 Å². The molecular weight excluding hydrogens is 466 g/mol. The summed E-state index contributed by atoms with van der Waals surface area (Å²) in [6.45, 7) is 2.05. The summed E-state index contributed by atoms with van der Waals surface area (Å²) in [6, 6.07) is 31.5. The van der Waals surface area contributed by atoms with Crippen LogP contribution < -0.4 is 5.43 Å². The second-order valence-electron chi connectivity index (χ2n) is 8.40. The van der Waals surface area contributed by atoms with Gasteiger partial charge in [-0.05, 0) is 73.2 Å². The Morgan fingerprint density at radius 2 is 1.59 bits per heavy atom. The number of amides is 1. The van der Waals surface area contributed by atoms with Crippen LogP contribution in [0.15, 0.2) is 113 Å². The summed E-state index contributed by atoms with van der Waals surface area (Å²) in [4.78, 5) is 23.8. The molecule has 5 aromatic rings. The van der Waals surface area contributed by atoms with Crippen LogP contribution in [0.1, 0.15) is 32.2 Å². The topological polar surface area (TPSA) is 96.8 Å². The van der Waals surface area contributed by atoms with Crippen molar-refractivity contribution in [1.82, 2.24) is 9.99 Å². The molecule has 0 spiro atoms. The van der Waals surface area contributed by atoms with Crippen molar-refractivity contribution in [2.75, 3.05) is 0 Å². The summed E-state index contributed by atoms with van der Waals surface area (Å²) >= 11 is 0. The zero-order chi connectivity index (χ0) is 25.8. The predicted molar refractivity (Wildman–Crippen MR) is 142 cm³/mol. The summed E-state index contributed by atoms with van der Waals surface area (Å²) in [6.07, 6.45) is 1.39. The van der Waals surface area contributed by atoms with Gasteiger partial charge in [-0.15, -0.1) is 0 Å². The molecule has 0 saturated carbocycles. The quantitative estimate of drug-likeness (QED) is 0.211. The van der Waals surface area contributed by atoms with E-state index >= 15 is 0 Å². The molecule has 0 aliphatic rings. The van der Waals surface area contributed by atoms with Crippen LogP contribution in [0.25, 0.3) is 28.3 Å². The average molecular weight is 490 g/mol. The number of hydrogen-bond acceptors (Lipinski definition) is 4. The molecule has 2 heterocycles. The standard InChI is InChI=1S/C30H23N3O4/c1-20-10-16-27(21-6-3-2-4-7-21)33(20)25-13-11-22(12-14-25)29(34)32-31-19-26-15-17-28(37-26)23-8-5-9-24(18-23)30(35)36/h2-19H,1H3,(H,32,34)(H,35,36)/b31-19-. The maximum Gasteiger partial charge on any atom is 0.335 e. The molecule has 182 valence electrons. The first-order valence-electron chi connectivity index (χ1n) is 11.6. The van der Waals surface area contributed by atoms with Crippen LogP contribution >= 0.6 is 0 Å². The minimum absolute atomic E-state index is 0.172. The highest BCUT2D eigenvalue weighted by atomic mass is 16.4. The SMILES string of the molecule is Cc1ccc(-c2ccccc2)n1-c1ccc(C(=O)N/N=C\c2ccc(-c3cccc(C(=O)O)c3)o2)cc1. The first-order valence-corrected chi connectivity index (χ1v) is 11.6. The number of aromatic nitrogens is 1. The third-order valence-electron chi connectivity index (χ3n) is 5.91. The van der Waals surface area contributed by atoms with Gasteiger partial charge in [0.15, 0.2) is 0 Å². The largest absolute Gasteiger partial charge is 0.478 e. The molecule has 5 rings (SSSR count). The Morgan fingerprint density at radius 1 is 0.838 bits per heavy atom. The number of aryl methyl sites for hydroxylation is 1. The second-order valence-corrected chi connectivity index (χ2v) is 8.40. The lowest BCUT2D eigenvalue weighted by Gasteiger charge is -2.12. The van der Waals surface area contributed by atoms with Crippen molar-refractivity contribution >= 4 is 18.1 Å². The molecule has 0 bridgehead atoms. The summed E-state index contributed by atoms with van der Waals surface area (Å²) in [5, 5.41) is 13.2. The van der Waals surface area contributed by atoms with Gasteiger partial charge in [0.05, 0.1) is 17.5 Å². The number of hydrazone groups is 1. The molecular formula is C30H23N3O4. The van der Waals surface area contributed by atoms with Gasteiger partial charge in [0.1, 0.15) is 11.5 Å². The molecule has 0 aliphatic heterocycles. The average Bonchev–Trinajstić information content (AvgIpc) is 3.56. The molecule has 0 unspecified atom stereocenters. The fraction of sp³-hybridized carbons (Fsp3) is 0.0333. The Bertz CT molecular complexity index is 1600. The maximum absolute atomic E-state index is 12.6. The van der Waals surface area contributed by atoms with Crippen LogP contribution in [0.3, 0.4) is 0 Å². The molecule has 0 fully saturated rings. The molecule has 0 atom stereocenters. The number of nitrogens with one attached hydrogen (secondary N) is 1. The molecule has 1 amide bonds. The van der Waals surface area contributed by atoms with Crippen molar-refractivity contribution in [2.24, 2.45) is 5.10 Å². The van der Waals surface area contributed by atoms with E-state index in [1.807, 2.05) is 37.3 Å². The van der Waals surface area contributed by atoms with Gasteiger partial charge >= 0.3 is 5.97 Å². The van der Waals surface area contributed by atoms with Crippen LogP contribution in [0.4, 0.5) is 0 Å². The number of furan rings is 1. The number of benzene rings is 3. The van der Waals surface area contributed by atoms with Crippen molar-refractivity contribution in [2.45, 2.75) is 6.92 Å². The Morgan fingerprint density at radius 3 is 2.35 bits per heavy atom. The molecule has 2 aromatic heterocycles. The highest BCUT2D eigenvalue weighted by molar-refractivity contribution is 5.95. The third-order valence-corrected chi connectivity index (χ3v) is 5.91. The highest BCUT2D eigenvalue weighted by Gasteiger charge is 2.11. The van der Waals surface area contributed by atoms with Gasteiger partial charge in [-0.3, -0.25) is 4.79 Å². The van der Waals surface area contributed by atoms with E-state index in [9.17, 15) is 9.59 Å². The predicted octanol–water partition coefficient (Wildman–Crippen LogP) is 6.17.